The minimum atomic E-state index is 0. The molecule has 18 heavy (non-hydrogen) atoms. The Morgan fingerprint density at radius 3 is 2.89 bits per heavy atom. The minimum Gasteiger partial charge on any atom is -0.380 e. The summed E-state index contributed by atoms with van der Waals surface area (Å²) in [7, 11) is 1.85. The van der Waals surface area contributed by atoms with Crippen LogP contribution in [0.15, 0.2) is 4.99 Å². The van der Waals surface area contributed by atoms with E-state index in [0.29, 0.717) is 0 Å². The fourth-order valence-corrected chi connectivity index (χ4v) is 3.05. The Labute approximate surface area is 132 Å². The number of hydrogen-bond acceptors (Lipinski definition) is 3. The molecule has 0 radical (unpaired) electrons. The summed E-state index contributed by atoms with van der Waals surface area (Å²) in [6.45, 7) is 8.83. The van der Waals surface area contributed by atoms with Gasteiger partial charge in [-0.25, -0.2) is 0 Å². The highest BCUT2D eigenvalue weighted by atomic mass is 127. The van der Waals surface area contributed by atoms with Gasteiger partial charge in [0.2, 0.25) is 0 Å². The maximum Gasteiger partial charge on any atom is 0.193 e. The van der Waals surface area contributed by atoms with Crippen LogP contribution < -0.4 is 5.32 Å². The number of nitrogens with one attached hydrogen (secondary N) is 1. The van der Waals surface area contributed by atoms with Gasteiger partial charge in [-0.3, -0.25) is 4.99 Å². The van der Waals surface area contributed by atoms with Crippen molar-refractivity contribution in [3.05, 3.63) is 0 Å². The Balaban J connectivity index is 0.00000289. The van der Waals surface area contributed by atoms with E-state index in [9.17, 15) is 0 Å². The van der Waals surface area contributed by atoms with E-state index in [1.807, 2.05) is 14.0 Å². The molecule has 0 aliphatic carbocycles. The molecule has 0 saturated carbocycles. The zero-order valence-electron chi connectivity index (χ0n) is 11.6. The maximum atomic E-state index is 5.32. The van der Waals surface area contributed by atoms with Crippen LogP contribution in [0.25, 0.3) is 0 Å². The predicted molar refractivity (Wildman–Crippen MR) is 91.4 cm³/mol. The number of guanidine groups is 1. The third kappa shape index (κ3) is 6.47. The summed E-state index contributed by atoms with van der Waals surface area (Å²) in [4.78, 5) is 6.70. The molecule has 0 aromatic rings. The van der Waals surface area contributed by atoms with Crippen molar-refractivity contribution in [2.45, 2.75) is 25.5 Å². The SMILES string of the molecule is CCOCCNC(=NC)N1CCSC(CC)C1.I. The predicted octanol–water partition coefficient (Wildman–Crippen LogP) is 2.04. The van der Waals surface area contributed by atoms with Crippen LogP contribution in [-0.4, -0.2) is 61.8 Å². The lowest BCUT2D eigenvalue weighted by molar-refractivity contribution is 0.152. The highest BCUT2D eigenvalue weighted by Gasteiger charge is 2.21. The molecule has 1 aliphatic heterocycles. The summed E-state index contributed by atoms with van der Waals surface area (Å²) in [5.74, 6) is 2.22. The van der Waals surface area contributed by atoms with Crippen LogP contribution in [0, 0.1) is 0 Å². The Hall–Kier alpha value is 0.310. The lowest BCUT2D eigenvalue weighted by Gasteiger charge is -2.34. The highest BCUT2D eigenvalue weighted by Crippen LogP contribution is 2.20. The molecule has 0 aromatic carbocycles. The lowest BCUT2D eigenvalue weighted by atomic mass is 10.3. The van der Waals surface area contributed by atoms with Crippen LogP contribution in [0.5, 0.6) is 0 Å². The molecule has 108 valence electrons. The first-order chi connectivity index (χ1) is 8.31. The molecular weight excluding hydrogens is 361 g/mol. The Morgan fingerprint density at radius 1 is 1.50 bits per heavy atom. The zero-order chi connectivity index (χ0) is 12.5. The van der Waals surface area contributed by atoms with Crippen molar-refractivity contribution in [3.8, 4) is 0 Å². The van der Waals surface area contributed by atoms with Gasteiger partial charge < -0.3 is 15.0 Å². The van der Waals surface area contributed by atoms with Crippen LogP contribution in [0.1, 0.15) is 20.3 Å². The van der Waals surface area contributed by atoms with E-state index in [2.05, 4.69) is 33.9 Å². The average Bonchev–Trinajstić information content (AvgIpc) is 2.39. The van der Waals surface area contributed by atoms with Gasteiger partial charge in [-0.05, 0) is 13.3 Å². The molecule has 1 heterocycles. The van der Waals surface area contributed by atoms with E-state index in [0.717, 1.165) is 44.1 Å². The molecule has 0 aromatic heterocycles. The molecule has 0 bridgehead atoms. The van der Waals surface area contributed by atoms with Crippen molar-refractivity contribution in [2.24, 2.45) is 4.99 Å². The van der Waals surface area contributed by atoms with Gasteiger partial charge in [0.15, 0.2) is 5.96 Å². The number of nitrogens with zero attached hydrogens (tertiary/aromatic N) is 2. The topological polar surface area (TPSA) is 36.9 Å². The molecule has 0 spiro atoms. The van der Waals surface area contributed by atoms with E-state index in [1.165, 1.54) is 12.2 Å². The van der Waals surface area contributed by atoms with Gasteiger partial charge in [0.1, 0.15) is 0 Å². The first-order valence-electron chi connectivity index (χ1n) is 6.46. The third-order valence-electron chi connectivity index (χ3n) is 2.84. The standard InChI is InChI=1S/C12H25N3OS.HI/c1-4-11-10-15(7-9-17-11)12(13-3)14-6-8-16-5-2;/h11H,4-10H2,1-3H3,(H,13,14);1H. The van der Waals surface area contributed by atoms with Crippen molar-refractivity contribution >= 4 is 41.7 Å². The lowest BCUT2D eigenvalue weighted by Crippen LogP contribution is -2.48. The van der Waals surface area contributed by atoms with Crippen molar-refractivity contribution in [1.29, 1.82) is 0 Å². The summed E-state index contributed by atoms with van der Waals surface area (Å²) >= 11 is 2.08. The van der Waals surface area contributed by atoms with E-state index in [1.54, 1.807) is 0 Å². The van der Waals surface area contributed by atoms with Crippen molar-refractivity contribution in [3.63, 3.8) is 0 Å². The molecular formula is C12H26IN3OS. The normalized spacial score (nSPS) is 20.5. The molecule has 1 fully saturated rings. The maximum absolute atomic E-state index is 5.32. The van der Waals surface area contributed by atoms with Gasteiger partial charge >= 0.3 is 0 Å². The molecule has 1 saturated heterocycles. The van der Waals surface area contributed by atoms with Gasteiger partial charge in [0.25, 0.3) is 0 Å². The number of rotatable bonds is 5. The van der Waals surface area contributed by atoms with Crippen LogP contribution in [0.2, 0.25) is 0 Å². The monoisotopic (exact) mass is 387 g/mol. The van der Waals surface area contributed by atoms with Gasteiger partial charge in [-0.2, -0.15) is 11.8 Å². The van der Waals surface area contributed by atoms with E-state index >= 15 is 0 Å². The summed E-state index contributed by atoms with van der Waals surface area (Å²) in [6, 6.07) is 0. The van der Waals surface area contributed by atoms with Gasteiger partial charge in [-0.15, -0.1) is 24.0 Å². The van der Waals surface area contributed by atoms with E-state index < -0.39 is 0 Å². The highest BCUT2D eigenvalue weighted by molar-refractivity contribution is 14.0. The first-order valence-corrected chi connectivity index (χ1v) is 7.51. The summed E-state index contributed by atoms with van der Waals surface area (Å²) in [5, 5.41) is 4.10. The number of aliphatic imine (C=N–C) groups is 1. The molecule has 1 rings (SSSR count). The molecule has 1 atom stereocenters. The van der Waals surface area contributed by atoms with Crippen LogP contribution >= 0.6 is 35.7 Å². The Morgan fingerprint density at radius 2 is 2.28 bits per heavy atom. The average molecular weight is 387 g/mol. The number of hydrogen-bond donors (Lipinski definition) is 1. The second-order valence-corrected chi connectivity index (χ2v) is 5.43. The first kappa shape index (κ1) is 18.3. The van der Waals surface area contributed by atoms with E-state index in [4.69, 9.17) is 4.74 Å². The summed E-state index contributed by atoms with van der Waals surface area (Å²) in [6.07, 6.45) is 1.23. The second-order valence-electron chi connectivity index (χ2n) is 4.02. The zero-order valence-corrected chi connectivity index (χ0v) is 14.8. The van der Waals surface area contributed by atoms with Crippen LogP contribution in [0.3, 0.4) is 0 Å². The molecule has 1 unspecified atom stereocenters. The number of thioether (sulfide) groups is 1. The van der Waals surface area contributed by atoms with Crippen LogP contribution in [-0.2, 0) is 4.74 Å². The second kappa shape index (κ2) is 11.2. The third-order valence-corrected chi connectivity index (χ3v) is 4.21. The molecule has 0 amide bonds. The summed E-state index contributed by atoms with van der Waals surface area (Å²) < 4.78 is 5.32. The van der Waals surface area contributed by atoms with Crippen molar-refractivity contribution in [1.82, 2.24) is 10.2 Å². The quantitative estimate of drug-likeness (QED) is 0.339. The van der Waals surface area contributed by atoms with Crippen molar-refractivity contribution < 1.29 is 4.74 Å². The largest absolute Gasteiger partial charge is 0.380 e. The molecule has 6 heteroatoms. The summed E-state index contributed by atoms with van der Waals surface area (Å²) in [5.41, 5.74) is 0. The molecule has 1 aliphatic rings. The smallest absolute Gasteiger partial charge is 0.193 e. The van der Waals surface area contributed by atoms with Crippen LogP contribution in [0.4, 0.5) is 0 Å². The fraction of sp³-hybridized carbons (Fsp3) is 0.917. The van der Waals surface area contributed by atoms with Gasteiger partial charge in [0, 0.05) is 44.3 Å². The van der Waals surface area contributed by atoms with Gasteiger partial charge in [-0.1, -0.05) is 6.92 Å². The molecule has 4 nitrogen and oxygen atoms in total. The van der Waals surface area contributed by atoms with Gasteiger partial charge in [0.05, 0.1) is 6.61 Å². The Kier molecular flexibility index (Phi) is 11.4. The number of halogens is 1. The minimum absolute atomic E-state index is 0. The number of ether oxygens (including phenoxy) is 1. The fourth-order valence-electron chi connectivity index (χ4n) is 1.87. The Bertz CT molecular complexity index is 241. The molecule has 1 N–H and O–H groups in total. The van der Waals surface area contributed by atoms with E-state index in [-0.39, 0.29) is 24.0 Å². The van der Waals surface area contributed by atoms with Crippen molar-refractivity contribution in [2.75, 3.05) is 45.6 Å².